The molecule has 6 nitrogen and oxygen atoms in total. The van der Waals surface area contributed by atoms with Gasteiger partial charge in [0, 0.05) is 12.5 Å². The van der Waals surface area contributed by atoms with Gasteiger partial charge in [-0.25, -0.2) is 0 Å². The molecule has 1 fully saturated rings. The van der Waals surface area contributed by atoms with Crippen LogP contribution in [-0.2, 0) is 22.3 Å². The third-order valence-electron chi connectivity index (χ3n) is 4.92. The minimum atomic E-state index is -1.19. The van der Waals surface area contributed by atoms with Gasteiger partial charge in [-0.05, 0) is 25.8 Å². The summed E-state index contributed by atoms with van der Waals surface area (Å²) in [4.78, 5) is 12.6. The number of benzene rings is 1. The van der Waals surface area contributed by atoms with Crippen molar-refractivity contribution in [2.75, 3.05) is 0 Å². The molecular weight excluding hydrogens is 336 g/mol. The van der Waals surface area contributed by atoms with E-state index in [0.717, 1.165) is 5.56 Å². The predicted molar refractivity (Wildman–Crippen MR) is 92.6 cm³/mol. The van der Waals surface area contributed by atoms with Gasteiger partial charge in [0.15, 0.2) is 11.2 Å². The molecule has 2 aliphatic rings. The minimum absolute atomic E-state index is 0.0588. The molecule has 6 heteroatoms. The molecule has 0 radical (unpaired) electrons. The molecule has 2 aromatic rings. The van der Waals surface area contributed by atoms with Crippen molar-refractivity contribution in [2.45, 2.75) is 56.9 Å². The van der Waals surface area contributed by atoms with Gasteiger partial charge in [-0.2, -0.15) is 0 Å². The molecule has 4 rings (SSSR count). The van der Waals surface area contributed by atoms with E-state index in [1.807, 2.05) is 30.3 Å². The first-order valence-electron chi connectivity index (χ1n) is 8.78. The molecular formula is C20H22O6. The van der Waals surface area contributed by atoms with Gasteiger partial charge in [0.25, 0.3) is 0 Å². The maximum atomic E-state index is 12.6. The van der Waals surface area contributed by atoms with Crippen molar-refractivity contribution in [3.8, 4) is 0 Å². The van der Waals surface area contributed by atoms with Crippen molar-refractivity contribution in [3.05, 3.63) is 69.3 Å². The number of hydrogen-bond donors (Lipinski definition) is 2. The number of aliphatic hydroxyl groups is 2. The van der Waals surface area contributed by atoms with E-state index >= 15 is 0 Å². The first-order chi connectivity index (χ1) is 12.4. The largest absolute Gasteiger partial charge is 0.463 e. The molecule has 0 spiro atoms. The fraction of sp³-hybridized carbons (Fsp3) is 0.450. The van der Waals surface area contributed by atoms with Crippen molar-refractivity contribution in [1.82, 2.24) is 0 Å². The molecule has 1 aliphatic heterocycles. The maximum Gasteiger partial charge on any atom is 0.191 e. The Hall–Kier alpha value is -1.99. The summed E-state index contributed by atoms with van der Waals surface area (Å²) in [7, 11) is 0. The van der Waals surface area contributed by atoms with E-state index in [2.05, 4.69) is 0 Å². The standard InChI is InChI=1S/C20H22O6/c1-20(2)25-18-15(22)14-13(21)10-12(9-8-11-6-4-3-5-7-11)24-17(14)16(23)19(18)26-20/h3-7,10,15-16,18-19,22-23H,8-9H2,1-2H3/t15-,16-,18+,19+/m0/s1. The van der Waals surface area contributed by atoms with Crippen molar-refractivity contribution in [2.24, 2.45) is 0 Å². The van der Waals surface area contributed by atoms with Crippen LogP contribution < -0.4 is 5.43 Å². The summed E-state index contributed by atoms with van der Waals surface area (Å²) in [6.45, 7) is 3.41. The van der Waals surface area contributed by atoms with Crippen LogP contribution in [0.3, 0.4) is 0 Å². The Kier molecular flexibility index (Phi) is 4.23. The number of fused-ring (bicyclic) bond motifs is 2. The Balaban J connectivity index is 1.65. The molecule has 26 heavy (non-hydrogen) atoms. The SMILES string of the molecule is CC1(C)O[C@H]2[C@H](O1)[C@@H](O)c1c(oc(CCc3ccccc3)cc1=O)[C@@H]2O. The molecule has 1 saturated heterocycles. The lowest BCUT2D eigenvalue weighted by Gasteiger charge is -2.32. The van der Waals surface area contributed by atoms with E-state index in [-0.39, 0.29) is 16.8 Å². The molecule has 1 aliphatic carbocycles. The lowest BCUT2D eigenvalue weighted by molar-refractivity contribution is -0.159. The number of aryl methyl sites for hydroxylation is 2. The smallest absolute Gasteiger partial charge is 0.191 e. The van der Waals surface area contributed by atoms with Gasteiger partial charge in [-0.15, -0.1) is 0 Å². The summed E-state index contributed by atoms with van der Waals surface area (Å²) in [6, 6.07) is 11.3. The first kappa shape index (κ1) is 17.4. The highest BCUT2D eigenvalue weighted by molar-refractivity contribution is 5.30. The van der Waals surface area contributed by atoms with Gasteiger partial charge >= 0.3 is 0 Å². The predicted octanol–water partition coefficient (Wildman–Crippen LogP) is 2.03. The molecule has 1 aromatic heterocycles. The highest BCUT2D eigenvalue weighted by Gasteiger charge is 2.54. The number of hydrogen-bond acceptors (Lipinski definition) is 6. The van der Waals surface area contributed by atoms with Crippen molar-refractivity contribution < 1.29 is 24.1 Å². The Morgan fingerprint density at radius 1 is 1.00 bits per heavy atom. The van der Waals surface area contributed by atoms with Gasteiger partial charge in [-0.1, -0.05) is 30.3 Å². The molecule has 2 heterocycles. The van der Waals surface area contributed by atoms with E-state index in [4.69, 9.17) is 13.9 Å². The van der Waals surface area contributed by atoms with E-state index in [9.17, 15) is 15.0 Å². The van der Waals surface area contributed by atoms with E-state index in [0.29, 0.717) is 18.6 Å². The van der Waals surface area contributed by atoms with Gasteiger partial charge < -0.3 is 24.1 Å². The van der Waals surface area contributed by atoms with Gasteiger partial charge in [0.05, 0.1) is 5.56 Å². The third-order valence-corrected chi connectivity index (χ3v) is 4.92. The van der Waals surface area contributed by atoms with Gasteiger partial charge in [0.1, 0.15) is 35.9 Å². The van der Waals surface area contributed by atoms with Crippen LogP contribution in [0.2, 0.25) is 0 Å². The summed E-state index contributed by atoms with van der Waals surface area (Å²) in [5, 5.41) is 21.3. The molecule has 0 saturated carbocycles. The zero-order valence-corrected chi connectivity index (χ0v) is 14.7. The molecule has 1 aromatic carbocycles. The van der Waals surface area contributed by atoms with Gasteiger partial charge in [-0.3, -0.25) is 4.79 Å². The summed E-state index contributed by atoms with van der Waals surface area (Å²) < 4.78 is 17.2. The Morgan fingerprint density at radius 3 is 2.35 bits per heavy atom. The number of aliphatic hydroxyl groups excluding tert-OH is 2. The molecule has 4 atom stereocenters. The van der Waals surface area contributed by atoms with Crippen LogP contribution in [0.4, 0.5) is 0 Å². The molecule has 0 unspecified atom stereocenters. The average molecular weight is 358 g/mol. The second kappa shape index (κ2) is 6.32. The third kappa shape index (κ3) is 2.99. The van der Waals surface area contributed by atoms with E-state index < -0.39 is 30.2 Å². The van der Waals surface area contributed by atoms with Crippen LogP contribution in [0.5, 0.6) is 0 Å². The zero-order chi connectivity index (χ0) is 18.5. The zero-order valence-electron chi connectivity index (χ0n) is 14.7. The quantitative estimate of drug-likeness (QED) is 0.873. The first-order valence-corrected chi connectivity index (χ1v) is 8.78. The molecule has 2 N–H and O–H groups in total. The molecule has 0 bridgehead atoms. The van der Waals surface area contributed by atoms with Crippen LogP contribution in [0, 0.1) is 0 Å². The lowest BCUT2D eigenvalue weighted by Crippen LogP contribution is -2.42. The summed E-state index contributed by atoms with van der Waals surface area (Å²) >= 11 is 0. The van der Waals surface area contributed by atoms with Crippen LogP contribution >= 0.6 is 0 Å². The number of ether oxygens (including phenoxy) is 2. The summed E-state index contributed by atoms with van der Waals surface area (Å²) in [5.74, 6) is -0.394. The van der Waals surface area contributed by atoms with Crippen molar-refractivity contribution >= 4 is 0 Å². The Bertz CT molecular complexity index is 856. The van der Waals surface area contributed by atoms with E-state index in [1.54, 1.807) is 13.8 Å². The Labute approximate surface area is 151 Å². The minimum Gasteiger partial charge on any atom is -0.463 e. The average Bonchev–Trinajstić information content (AvgIpc) is 2.94. The molecule has 0 amide bonds. The van der Waals surface area contributed by atoms with Crippen molar-refractivity contribution in [1.29, 1.82) is 0 Å². The van der Waals surface area contributed by atoms with Gasteiger partial charge in [0.2, 0.25) is 0 Å². The highest BCUT2D eigenvalue weighted by atomic mass is 16.8. The second-order valence-electron chi connectivity index (χ2n) is 7.29. The van der Waals surface area contributed by atoms with Crippen LogP contribution in [-0.4, -0.2) is 28.2 Å². The highest BCUT2D eigenvalue weighted by Crippen LogP contribution is 2.45. The normalized spacial score (nSPS) is 29.2. The van der Waals surface area contributed by atoms with Crippen LogP contribution in [0.15, 0.2) is 45.6 Å². The fourth-order valence-electron chi connectivity index (χ4n) is 3.74. The Morgan fingerprint density at radius 2 is 1.65 bits per heavy atom. The van der Waals surface area contributed by atoms with Crippen LogP contribution in [0.25, 0.3) is 0 Å². The topological polar surface area (TPSA) is 89.1 Å². The second-order valence-corrected chi connectivity index (χ2v) is 7.29. The summed E-state index contributed by atoms with van der Waals surface area (Å²) in [5.41, 5.74) is 0.832. The fourth-order valence-corrected chi connectivity index (χ4v) is 3.74. The summed E-state index contributed by atoms with van der Waals surface area (Å²) in [6.07, 6.45) is -2.71. The maximum absolute atomic E-state index is 12.6. The lowest BCUT2D eigenvalue weighted by atomic mass is 9.87. The van der Waals surface area contributed by atoms with Crippen LogP contribution in [0.1, 0.15) is 48.7 Å². The van der Waals surface area contributed by atoms with Crippen molar-refractivity contribution in [3.63, 3.8) is 0 Å². The monoisotopic (exact) mass is 358 g/mol. The van der Waals surface area contributed by atoms with E-state index in [1.165, 1.54) is 6.07 Å². The molecule has 138 valence electrons. The number of rotatable bonds is 3.